The fraction of sp³-hybridized carbons (Fsp3) is 0. The van der Waals surface area contributed by atoms with Crippen molar-refractivity contribution in [1.29, 1.82) is 5.26 Å². The quantitative estimate of drug-likeness (QED) is 0.786. The van der Waals surface area contributed by atoms with Gasteiger partial charge in [0.05, 0.1) is 11.6 Å². The Morgan fingerprint density at radius 1 is 1.17 bits per heavy atom. The van der Waals surface area contributed by atoms with Gasteiger partial charge in [-0.25, -0.2) is 0 Å². The number of carbonyl (C=O) groups excluding carboxylic acids is 1. The van der Waals surface area contributed by atoms with Crippen LogP contribution in [0.5, 0.6) is 0 Å². The largest absolute Gasteiger partial charge is 0.355 e. The number of benzene rings is 2. The van der Waals surface area contributed by atoms with Crippen molar-refractivity contribution in [3.8, 4) is 17.4 Å². The predicted octanol–water partition coefficient (Wildman–Crippen LogP) is 4.12. The van der Waals surface area contributed by atoms with E-state index in [1.165, 1.54) is 0 Å². The van der Waals surface area contributed by atoms with Crippen molar-refractivity contribution in [1.82, 2.24) is 5.16 Å². The molecule has 0 spiro atoms. The van der Waals surface area contributed by atoms with Crippen LogP contribution < -0.4 is 5.32 Å². The number of nitrogens with one attached hydrogen (secondary N) is 1. The van der Waals surface area contributed by atoms with E-state index in [4.69, 9.17) is 21.4 Å². The molecule has 3 aromatic rings. The second-order valence-corrected chi connectivity index (χ2v) is 5.17. The molecular weight excluding hydrogens is 314 g/mol. The van der Waals surface area contributed by atoms with Gasteiger partial charge in [-0.05, 0) is 36.4 Å². The first-order valence-corrected chi connectivity index (χ1v) is 7.08. The minimum absolute atomic E-state index is 0.157. The molecule has 1 N–H and O–H groups in total. The highest BCUT2D eigenvalue weighted by atomic mass is 35.5. The number of nitrogens with zero attached hydrogens (tertiary/aromatic N) is 2. The highest BCUT2D eigenvalue weighted by molar-refractivity contribution is 6.30. The Balaban J connectivity index is 1.77. The Labute approximate surface area is 137 Å². The number of carbonyl (C=O) groups is 1. The molecule has 5 nitrogen and oxygen atoms in total. The zero-order valence-electron chi connectivity index (χ0n) is 11.8. The summed E-state index contributed by atoms with van der Waals surface area (Å²) in [7, 11) is 0. The maximum Gasteiger partial charge on any atom is 0.277 e. The van der Waals surface area contributed by atoms with Crippen molar-refractivity contribution in [3.05, 3.63) is 70.9 Å². The van der Waals surface area contributed by atoms with Crippen LogP contribution in [0, 0.1) is 11.3 Å². The van der Waals surface area contributed by atoms with E-state index in [2.05, 4.69) is 10.5 Å². The molecular formula is C17H10ClN3O2. The van der Waals surface area contributed by atoms with E-state index in [1.54, 1.807) is 48.5 Å². The SMILES string of the molecule is N#Cc1ccc(NC(=O)c2cc(-c3cccc(Cl)c3)on2)cc1. The van der Waals surface area contributed by atoms with Crippen LogP contribution in [-0.4, -0.2) is 11.1 Å². The lowest BCUT2D eigenvalue weighted by molar-refractivity contribution is 0.101. The van der Waals surface area contributed by atoms with Crippen LogP contribution in [0.3, 0.4) is 0 Å². The van der Waals surface area contributed by atoms with E-state index in [0.717, 1.165) is 5.56 Å². The third kappa shape index (κ3) is 3.39. The van der Waals surface area contributed by atoms with Crippen LogP contribution in [0.15, 0.2) is 59.1 Å². The van der Waals surface area contributed by atoms with Crippen LogP contribution in [-0.2, 0) is 0 Å². The van der Waals surface area contributed by atoms with E-state index >= 15 is 0 Å². The molecule has 3 rings (SSSR count). The van der Waals surface area contributed by atoms with Crippen LogP contribution in [0.2, 0.25) is 5.02 Å². The topological polar surface area (TPSA) is 78.9 Å². The summed E-state index contributed by atoms with van der Waals surface area (Å²) in [6, 6.07) is 17.2. The number of hydrogen-bond acceptors (Lipinski definition) is 4. The number of anilines is 1. The van der Waals surface area contributed by atoms with Crippen molar-refractivity contribution >= 4 is 23.2 Å². The number of amides is 1. The van der Waals surface area contributed by atoms with Crippen LogP contribution in [0.1, 0.15) is 16.1 Å². The number of aromatic nitrogens is 1. The summed E-state index contributed by atoms with van der Waals surface area (Å²) in [6.07, 6.45) is 0. The highest BCUT2D eigenvalue weighted by Crippen LogP contribution is 2.23. The normalized spacial score (nSPS) is 10.1. The van der Waals surface area contributed by atoms with Crippen molar-refractivity contribution in [2.45, 2.75) is 0 Å². The third-order valence-electron chi connectivity index (χ3n) is 3.12. The maximum absolute atomic E-state index is 12.2. The molecule has 0 aliphatic carbocycles. The van der Waals surface area contributed by atoms with Crippen molar-refractivity contribution in [3.63, 3.8) is 0 Å². The average molecular weight is 324 g/mol. The molecule has 0 aliphatic heterocycles. The van der Waals surface area contributed by atoms with Gasteiger partial charge in [0.15, 0.2) is 11.5 Å². The average Bonchev–Trinajstić information content (AvgIpc) is 3.06. The van der Waals surface area contributed by atoms with Gasteiger partial charge in [-0.15, -0.1) is 0 Å². The zero-order chi connectivity index (χ0) is 16.2. The number of hydrogen-bond donors (Lipinski definition) is 1. The fourth-order valence-electron chi connectivity index (χ4n) is 1.98. The van der Waals surface area contributed by atoms with Gasteiger partial charge in [-0.2, -0.15) is 5.26 Å². The first-order chi connectivity index (χ1) is 11.2. The van der Waals surface area contributed by atoms with E-state index in [1.807, 2.05) is 12.1 Å². The zero-order valence-corrected chi connectivity index (χ0v) is 12.5. The van der Waals surface area contributed by atoms with Gasteiger partial charge in [0.1, 0.15) is 0 Å². The molecule has 0 bridgehead atoms. The molecule has 6 heteroatoms. The van der Waals surface area contributed by atoms with E-state index in [0.29, 0.717) is 22.0 Å². The van der Waals surface area contributed by atoms with Gasteiger partial charge in [0.25, 0.3) is 5.91 Å². The van der Waals surface area contributed by atoms with E-state index in [9.17, 15) is 4.79 Å². The predicted molar refractivity (Wildman–Crippen MR) is 86.1 cm³/mol. The molecule has 0 saturated heterocycles. The fourth-order valence-corrected chi connectivity index (χ4v) is 2.17. The lowest BCUT2D eigenvalue weighted by Crippen LogP contribution is -2.11. The van der Waals surface area contributed by atoms with E-state index < -0.39 is 5.91 Å². The smallest absolute Gasteiger partial charge is 0.277 e. The lowest BCUT2D eigenvalue weighted by Gasteiger charge is -2.01. The second kappa shape index (κ2) is 6.34. The lowest BCUT2D eigenvalue weighted by atomic mass is 10.1. The van der Waals surface area contributed by atoms with Gasteiger partial charge in [0.2, 0.25) is 0 Å². The molecule has 23 heavy (non-hydrogen) atoms. The summed E-state index contributed by atoms with van der Waals surface area (Å²) in [5, 5.41) is 15.8. The number of halogens is 1. The van der Waals surface area contributed by atoms with Crippen LogP contribution >= 0.6 is 11.6 Å². The van der Waals surface area contributed by atoms with Gasteiger partial charge < -0.3 is 9.84 Å². The molecule has 2 aromatic carbocycles. The summed E-state index contributed by atoms with van der Waals surface area (Å²) < 4.78 is 5.19. The van der Waals surface area contributed by atoms with Crippen molar-refractivity contribution in [2.24, 2.45) is 0 Å². The molecule has 0 saturated carbocycles. The Morgan fingerprint density at radius 2 is 1.96 bits per heavy atom. The molecule has 0 unspecified atom stereocenters. The molecule has 112 valence electrons. The van der Waals surface area contributed by atoms with Crippen molar-refractivity contribution in [2.75, 3.05) is 5.32 Å². The molecule has 0 aliphatic rings. The minimum Gasteiger partial charge on any atom is -0.355 e. The Morgan fingerprint density at radius 3 is 2.65 bits per heavy atom. The molecule has 1 amide bonds. The summed E-state index contributed by atoms with van der Waals surface area (Å²) in [4.78, 5) is 12.2. The van der Waals surface area contributed by atoms with E-state index in [-0.39, 0.29) is 5.69 Å². The number of rotatable bonds is 3. The highest BCUT2D eigenvalue weighted by Gasteiger charge is 2.14. The third-order valence-corrected chi connectivity index (χ3v) is 3.36. The second-order valence-electron chi connectivity index (χ2n) is 4.73. The molecule has 0 fully saturated rings. The maximum atomic E-state index is 12.2. The van der Waals surface area contributed by atoms with Crippen LogP contribution in [0.4, 0.5) is 5.69 Å². The Bertz CT molecular complexity index is 895. The van der Waals surface area contributed by atoms with Gasteiger partial charge in [-0.3, -0.25) is 4.79 Å². The summed E-state index contributed by atoms with van der Waals surface area (Å²) in [6.45, 7) is 0. The van der Waals surface area contributed by atoms with Gasteiger partial charge >= 0.3 is 0 Å². The van der Waals surface area contributed by atoms with Gasteiger partial charge in [0, 0.05) is 22.3 Å². The monoisotopic (exact) mass is 323 g/mol. The molecule has 0 radical (unpaired) electrons. The first kappa shape index (κ1) is 14.8. The summed E-state index contributed by atoms with van der Waals surface area (Å²) in [5.74, 6) is 0.0595. The van der Waals surface area contributed by atoms with Gasteiger partial charge in [-0.1, -0.05) is 28.9 Å². The Kier molecular flexibility index (Phi) is 4.09. The number of nitriles is 1. The Hall–Kier alpha value is -3.10. The van der Waals surface area contributed by atoms with Crippen molar-refractivity contribution < 1.29 is 9.32 Å². The standard InChI is InChI=1S/C17H10ClN3O2/c18-13-3-1-2-12(8-13)16-9-15(21-23-16)17(22)20-14-6-4-11(10-19)5-7-14/h1-9H,(H,20,22). The summed E-state index contributed by atoms with van der Waals surface area (Å²) >= 11 is 5.93. The molecule has 1 aromatic heterocycles. The van der Waals surface area contributed by atoms with Crippen LogP contribution in [0.25, 0.3) is 11.3 Å². The minimum atomic E-state index is -0.397. The first-order valence-electron chi connectivity index (χ1n) is 6.70. The molecule has 1 heterocycles. The summed E-state index contributed by atoms with van der Waals surface area (Å²) in [5.41, 5.74) is 1.99. The molecule has 0 atom stereocenters.